The van der Waals surface area contributed by atoms with Crippen LogP contribution in [0.2, 0.25) is 5.02 Å². The summed E-state index contributed by atoms with van der Waals surface area (Å²) < 4.78 is 24.3. The number of hydrogen-bond acceptors (Lipinski definition) is 3. The predicted molar refractivity (Wildman–Crippen MR) is 74.0 cm³/mol. The molecule has 1 aromatic carbocycles. The molecule has 0 bridgehead atoms. The Kier molecular flexibility index (Phi) is 3.84. The van der Waals surface area contributed by atoms with E-state index in [1.165, 1.54) is 6.26 Å². The van der Waals surface area contributed by atoms with Gasteiger partial charge in [-0.05, 0) is 18.2 Å². The summed E-state index contributed by atoms with van der Waals surface area (Å²) in [5.41, 5.74) is 1.57. The molecule has 1 heterocycles. The fourth-order valence-corrected chi connectivity index (χ4v) is 2.65. The van der Waals surface area contributed by atoms with Gasteiger partial charge in [0.05, 0.1) is 22.7 Å². The molecule has 0 unspecified atom stereocenters. The Morgan fingerprint density at radius 2 is 2.11 bits per heavy atom. The lowest BCUT2D eigenvalue weighted by Gasteiger charge is -2.06. The minimum absolute atomic E-state index is 0.0605. The van der Waals surface area contributed by atoms with Crippen molar-refractivity contribution in [3.63, 3.8) is 0 Å². The van der Waals surface area contributed by atoms with Crippen molar-refractivity contribution >= 4 is 44.1 Å². The maximum Gasteiger partial charge on any atom is 0.149 e. The molecule has 0 saturated carbocycles. The van der Waals surface area contributed by atoms with E-state index in [-0.39, 0.29) is 11.6 Å². The van der Waals surface area contributed by atoms with Gasteiger partial charge in [0.1, 0.15) is 15.7 Å². The molecular weight excluding hydrogens is 295 g/mol. The number of hydrogen-bond donors (Lipinski definition) is 0. The number of nitrogens with zero attached hydrogens (tertiary/aromatic N) is 2. The van der Waals surface area contributed by atoms with Crippen LogP contribution in [0.25, 0.3) is 11.0 Å². The number of alkyl halides is 1. The van der Waals surface area contributed by atoms with E-state index in [0.717, 1.165) is 11.0 Å². The van der Waals surface area contributed by atoms with Crippen molar-refractivity contribution in [3.05, 3.63) is 29.0 Å². The van der Waals surface area contributed by atoms with Gasteiger partial charge in [0.2, 0.25) is 0 Å². The van der Waals surface area contributed by atoms with E-state index in [1.54, 1.807) is 12.1 Å². The smallest absolute Gasteiger partial charge is 0.149 e. The minimum Gasteiger partial charge on any atom is -0.326 e. The van der Waals surface area contributed by atoms with Gasteiger partial charge in [-0.1, -0.05) is 11.6 Å². The molecule has 2 rings (SSSR count). The molecule has 0 saturated heterocycles. The molecule has 0 amide bonds. The van der Waals surface area contributed by atoms with Crippen molar-refractivity contribution in [1.29, 1.82) is 0 Å². The molecule has 0 aliphatic heterocycles. The largest absolute Gasteiger partial charge is 0.326 e. The fourth-order valence-electron chi connectivity index (χ4n) is 1.76. The van der Waals surface area contributed by atoms with Gasteiger partial charge in [0, 0.05) is 17.8 Å². The summed E-state index contributed by atoms with van der Waals surface area (Å²) in [4.78, 5) is 4.34. The highest BCUT2D eigenvalue weighted by atomic mass is 35.5. The van der Waals surface area contributed by atoms with Gasteiger partial charge in [-0.25, -0.2) is 13.4 Å². The maximum absolute atomic E-state index is 11.2. The van der Waals surface area contributed by atoms with Crippen molar-refractivity contribution in [1.82, 2.24) is 9.55 Å². The van der Waals surface area contributed by atoms with Crippen LogP contribution in [0.3, 0.4) is 0 Å². The second-order valence-corrected chi connectivity index (χ2v) is 7.04. The van der Waals surface area contributed by atoms with Crippen LogP contribution >= 0.6 is 23.2 Å². The first-order valence-electron chi connectivity index (χ1n) is 5.29. The Bertz CT molecular complexity index is 680. The lowest BCUT2D eigenvalue weighted by atomic mass is 10.3. The maximum atomic E-state index is 11.2. The van der Waals surface area contributed by atoms with Gasteiger partial charge in [0.15, 0.2) is 0 Å². The van der Waals surface area contributed by atoms with Crippen LogP contribution in [0.1, 0.15) is 5.82 Å². The topological polar surface area (TPSA) is 52.0 Å². The molecule has 0 spiro atoms. The van der Waals surface area contributed by atoms with E-state index >= 15 is 0 Å². The van der Waals surface area contributed by atoms with Crippen molar-refractivity contribution in [2.24, 2.45) is 0 Å². The van der Waals surface area contributed by atoms with Crippen LogP contribution < -0.4 is 0 Å². The summed E-state index contributed by atoms with van der Waals surface area (Å²) >= 11 is 11.7. The van der Waals surface area contributed by atoms with Crippen LogP contribution in [-0.2, 0) is 22.3 Å². The minimum atomic E-state index is -3.02. The first kappa shape index (κ1) is 13.6. The van der Waals surface area contributed by atoms with Gasteiger partial charge in [0.25, 0.3) is 0 Å². The lowest BCUT2D eigenvalue weighted by molar-refractivity contribution is 0.594. The van der Waals surface area contributed by atoms with Crippen molar-refractivity contribution < 1.29 is 8.42 Å². The number of rotatable bonds is 4. The SMILES string of the molecule is CS(=O)(=O)CCn1c(CCl)nc2cc(Cl)ccc21. The molecule has 7 heteroatoms. The number of aromatic nitrogens is 2. The normalized spacial score (nSPS) is 12.2. The van der Waals surface area contributed by atoms with Crippen molar-refractivity contribution in [2.75, 3.05) is 12.0 Å². The van der Waals surface area contributed by atoms with Gasteiger partial charge in [-0.15, -0.1) is 11.6 Å². The molecule has 18 heavy (non-hydrogen) atoms. The van der Waals surface area contributed by atoms with Crippen LogP contribution in [0.5, 0.6) is 0 Å². The standard InChI is InChI=1S/C11H12Cl2N2O2S/c1-18(16,17)5-4-15-10-3-2-8(13)6-9(10)14-11(15)7-12/h2-3,6H,4-5,7H2,1H3. The summed E-state index contributed by atoms with van der Waals surface area (Å²) in [6.07, 6.45) is 1.21. The average molecular weight is 307 g/mol. The second-order valence-electron chi connectivity index (χ2n) is 4.08. The molecule has 1 aromatic heterocycles. The Morgan fingerprint density at radius 3 is 2.72 bits per heavy atom. The zero-order valence-electron chi connectivity index (χ0n) is 9.73. The van der Waals surface area contributed by atoms with Crippen LogP contribution in [-0.4, -0.2) is 30.0 Å². The van der Waals surface area contributed by atoms with E-state index in [0.29, 0.717) is 17.4 Å². The van der Waals surface area contributed by atoms with E-state index in [9.17, 15) is 8.42 Å². The number of imidazole rings is 1. The van der Waals surface area contributed by atoms with Gasteiger partial charge < -0.3 is 4.57 Å². The van der Waals surface area contributed by atoms with Gasteiger partial charge >= 0.3 is 0 Å². The Morgan fingerprint density at radius 1 is 1.39 bits per heavy atom. The number of halogens is 2. The van der Waals surface area contributed by atoms with Gasteiger partial charge in [-0.2, -0.15) is 0 Å². The highest BCUT2D eigenvalue weighted by Gasteiger charge is 2.12. The summed E-state index contributed by atoms with van der Waals surface area (Å²) in [5.74, 6) is 0.943. The zero-order chi connectivity index (χ0) is 13.3. The first-order valence-corrected chi connectivity index (χ1v) is 8.26. The molecule has 2 aromatic rings. The predicted octanol–water partition coefficient (Wildman–Crippen LogP) is 2.47. The third-order valence-corrected chi connectivity index (χ3v) is 3.99. The lowest BCUT2D eigenvalue weighted by Crippen LogP contribution is -2.12. The fraction of sp³-hybridized carbons (Fsp3) is 0.364. The van der Waals surface area contributed by atoms with Crippen molar-refractivity contribution in [3.8, 4) is 0 Å². The van der Waals surface area contributed by atoms with Gasteiger partial charge in [-0.3, -0.25) is 0 Å². The second kappa shape index (κ2) is 5.07. The van der Waals surface area contributed by atoms with E-state index in [1.807, 2.05) is 10.6 Å². The van der Waals surface area contributed by atoms with Crippen LogP contribution in [0.15, 0.2) is 18.2 Å². The highest BCUT2D eigenvalue weighted by Crippen LogP contribution is 2.21. The Labute approximate surface area is 115 Å². The summed E-state index contributed by atoms with van der Waals surface area (Å²) in [6, 6.07) is 5.31. The third kappa shape index (κ3) is 2.96. The third-order valence-electron chi connectivity index (χ3n) is 2.59. The highest BCUT2D eigenvalue weighted by molar-refractivity contribution is 7.90. The molecule has 0 aliphatic rings. The molecule has 0 atom stereocenters. The van der Waals surface area contributed by atoms with E-state index in [2.05, 4.69) is 4.98 Å². The number of aryl methyl sites for hydroxylation is 1. The Balaban J connectivity index is 2.47. The van der Waals surface area contributed by atoms with Crippen LogP contribution in [0, 0.1) is 0 Å². The molecular formula is C11H12Cl2N2O2S. The summed E-state index contributed by atoms with van der Waals surface area (Å²) in [6.45, 7) is 0.346. The summed E-state index contributed by atoms with van der Waals surface area (Å²) in [7, 11) is -3.02. The number of sulfone groups is 1. The molecule has 4 nitrogen and oxygen atoms in total. The number of benzene rings is 1. The summed E-state index contributed by atoms with van der Waals surface area (Å²) in [5, 5.41) is 0.594. The zero-order valence-corrected chi connectivity index (χ0v) is 12.1. The molecule has 0 fully saturated rings. The molecule has 0 radical (unpaired) electrons. The molecule has 0 aliphatic carbocycles. The van der Waals surface area contributed by atoms with E-state index < -0.39 is 9.84 Å². The van der Waals surface area contributed by atoms with Crippen LogP contribution in [0.4, 0.5) is 0 Å². The quantitative estimate of drug-likeness (QED) is 0.815. The van der Waals surface area contributed by atoms with E-state index in [4.69, 9.17) is 23.2 Å². The molecule has 98 valence electrons. The Hall–Kier alpha value is -0.780. The van der Waals surface area contributed by atoms with Crippen molar-refractivity contribution in [2.45, 2.75) is 12.4 Å². The average Bonchev–Trinajstić information content (AvgIpc) is 2.62. The number of fused-ring (bicyclic) bond motifs is 1. The first-order chi connectivity index (χ1) is 8.40. The monoisotopic (exact) mass is 306 g/mol. The molecule has 0 N–H and O–H groups in total.